The molecular weight excluding hydrogens is 332 g/mol. The summed E-state index contributed by atoms with van der Waals surface area (Å²) >= 11 is 2.81. The van der Waals surface area contributed by atoms with Gasteiger partial charge in [-0.2, -0.15) is 0 Å². The normalized spacial score (nSPS) is 10.7. The van der Waals surface area contributed by atoms with Crippen molar-refractivity contribution in [2.45, 2.75) is 31.2 Å². The first-order valence-electron chi connectivity index (χ1n) is 7.15. The Balaban J connectivity index is 1.90. The SMILES string of the molecule is COc1ccc(C)cc1NC(=O)CSc1nnc(NC(C)C)s1. The Kier molecular flexibility index (Phi) is 6.23. The Hall–Kier alpha value is -1.80. The molecule has 0 saturated carbocycles. The molecule has 0 unspecified atom stereocenters. The lowest BCUT2D eigenvalue weighted by atomic mass is 10.2. The van der Waals surface area contributed by atoms with Gasteiger partial charge in [0.25, 0.3) is 0 Å². The third-order valence-electron chi connectivity index (χ3n) is 2.77. The van der Waals surface area contributed by atoms with Crippen molar-refractivity contribution < 1.29 is 9.53 Å². The van der Waals surface area contributed by atoms with Gasteiger partial charge in [-0.05, 0) is 38.5 Å². The third-order valence-corrected chi connectivity index (χ3v) is 4.76. The number of nitrogens with zero attached hydrogens (tertiary/aromatic N) is 2. The van der Waals surface area contributed by atoms with Gasteiger partial charge in [-0.3, -0.25) is 4.79 Å². The Morgan fingerprint density at radius 2 is 2.17 bits per heavy atom. The van der Waals surface area contributed by atoms with E-state index in [4.69, 9.17) is 4.74 Å². The summed E-state index contributed by atoms with van der Waals surface area (Å²) in [5.74, 6) is 0.814. The fourth-order valence-electron chi connectivity index (χ4n) is 1.81. The van der Waals surface area contributed by atoms with Crippen LogP contribution < -0.4 is 15.4 Å². The second-order valence-electron chi connectivity index (χ2n) is 5.21. The van der Waals surface area contributed by atoms with Crippen LogP contribution in [0.2, 0.25) is 0 Å². The molecule has 1 aromatic carbocycles. The maximum atomic E-state index is 12.1. The van der Waals surface area contributed by atoms with Gasteiger partial charge in [-0.25, -0.2) is 0 Å². The maximum Gasteiger partial charge on any atom is 0.234 e. The number of nitrogens with one attached hydrogen (secondary N) is 2. The molecule has 1 amide bonds. The maximum absolute atomic E-state index is 12.1. The summed E-state index contributed by atoms with van der Waals surface area (Å²) in [5.41, 5.74) is 1.74. The van der Waals surface area contributed by atoms with Gasteiger partial charge in [0.05, 0.1) is 18.6 Å². The lowest BCUT2D eigenvalue weighted by Gasteiger charge is -2.10. The Morgan fingerprint density at radius 1 is 1.39 bits per heavy atom. The molecule has 0 aliphatic rings. The van der Waals surface area contributed by atoms with Crippen molar-refractivity contribution >= 4 is 39.8 Å². The molecule has 0 aliphatic carbocycles. The summed E-state index contributed by atoms with van der Waals surface area (Å²) in [5, 5.41) is 14.9. The number of benzene rings is 1. The van der Waals surface area contributed by atoms with E-state index < -0.39 is 0 Å². The lowest BCUT2D eigenvalue weighted by Crippen LogP contribution is -2.14. The Morgan fingerprint density at radius 3 is 2.87 bits per heavy atom. The van der Waals surface area contributed by atoms with E-state index in [0.717, 1.165) is 15.0 Å². The first kappa shape index (κ1) is 17.6. The number of aromatic nitrogens is 2. The van der Waals surface area contributed by atoms with Crippen molar-refractivity contribution in [3.05, 3.63) is 23.8 Å². The molecule has 0 saturated heterocycles. The van der Waals surface area contributed by atoms with Crippen molar-refractivity contribution in [2.75, 3.05) is 23.5 Å². The highest BCUT2D eigenvalue weighted by Crippen LogP contribution is 2.28. The molecule has 0 aliphatic heterocycles. The van der Waals surface area contributed by atoms with Crippen molar-refractivity contribution in [3.8, 4) is 5.75 Å². The number of anilines is 2. The van der Waals surface area contributed by atoms with Gasteiger partial charge in [0, 0.05) is 6.04 Å². The third kappa shape index (κ3) is 5.40. The summed E-state index contributed by atoms with van der Waals surface area (Å²) < 4.78 is 6.02. The molecule has 0 bridgehead atoms. The van der Waals surface area contributed by atoms with Crippen LogP contribution in [0.5, 0.6) is 5.75 Å². The van der Waals surface area contributed by atoms with Gasteiger partial charge in [-0.1, -0.05) is 29.2 Å². The zero-order chi connectivity index (χ0) is 16.8. The minimum Gasteiger partial charge on any atom is -0.495 e. The van der Waals surface area contributed by atoms with E-state index in [2.05, 4.69) is 20.8 Å². The van der Waals surface area contributed by atoms with Crippen LogP contribution in [-0.4, -0.2) is 35.0 Å². The molecule has 2 rings (SSSR count). The molecular formula is C15H20N4O2S2. The average Bonchev–Trinajstić information content (AvgIpc) is 2.92. The van der Waals surface area contributed by atoms with E-state index in [1.54, 1.807) is 7.11 Å². The van der Waals surface area contributed by atoms with Gasteiger partial charge in [0.1, 0.15) is 5.75 Å². The number of carbonyl (C=O) groups excluding carboxylic acids is 1. The summed E-state index contributed by atoms with van der Waals surface area (Å²) in [6.07, 6.45) is 0. The van der Waals surface area contributed by atoms with Crippen LogP contribution in [0.1, 0.15) is 19.4 Å². The molecule has 0 atom stereocenters. The number of ether oxygens (including phenoxy) is 1. The summed E-state index contributed by atoms with van der Waals surface area (Å²) in [6.45, 7) is 6.04. The molecule has 1 aromatic heterocycles. The number of hydrogen-bond donors (Lipinski definition) is 2. The first-order chi connectivity index (χ1) is 11.0. The molecule has 1 heterocycles. The Bertz CT molecular complexity index is 673. The standard InChI is InChI=1S/C15H20N4O2S2/c1-9(2)16-14-18-19-15(23-14)22-8-13(20)17-11-7-10(3)5-6-12(11)21-4/h5-7,9H,8H2,1-4H3,(H,16,18)(H,17,20). The lowest BCUT2D eigenvalue weighted by molar-refractivity contribution is -0.113. The quantitative estimate of drug-likeness (QED) is 0.744. The molecule has 6 nitrogen and oxygen atoms in total. The van der Waals surface area contributed by atoms with Crippen LogP contribution in [0, 0.1) is 6.92 Å². The highest BCUT2D eigenvalue weighted by molar-refractivity contribution is 8.01. The van der Waals surface area contributed by atoms with Gasteiger partial charge >= 0.3 is 0 Å². The molecule has 2 aromatic rings. The summed E-state index contributed by atoms with van der Waals surface area (Å²) in [4.78, 5) is 12.1. The van der Waals surface area contributed by atoms with Crippen LogP contribution in [-0.2, 0) is 4.79 Å². The largest absolute Gasteiger partial charge is 0.495 e. The number of amides is 1. The highest BCUT2D eigenvalue weighted by atomic mass is 32.2. The number of rotatable bonds is 7. The van der Waals surface area contributed by atoms with Gasteiger partial charge in [0.2, 0.25) is 11.0 Å². The number of thioether (sulfide) groups is 1. The monoisotopic (exact) mass is 352 g/mol. The minimum atomic E-state index is -0.104. The topological polar surface area (TPSA) is 76.1 Å². The molecule has 8 heteroatoms. The zero-order valence-corrected chi connectivity index (χ0v) is 15.2. The smallest absolute Gasteiger partial charge is 0.234 e. The van der Waals surface area contributed by atoms with Crippen molar-refractivity contribution in [1.82, 2.24) is 10.2 Å². The average molecular weight is 352 g/mol. The van der Waals surface area contributed by atoms with E-state index in [0.29, 0.717) is 17.5 Å². The van der Waals surface area contributed by atoms with Crippen molar-refractivity contribution in [2.24, 2.45) is 0 Å². The van der Waals surface area contributed by atoms with Crippen LogP contribution in [0.4, 0.5) is 10.8 Å². The molecule has 23 heavy (non-hydrogen) atoms. The summed E-state index contributed by atoms with van der Waals surface area (Å²) in [7, 11) is 1.58. The van der Waals surface area contributed by atoms with E-state index in [9.17, 15) is 4.79 Å². The fourth-order valence-corrected chi connectivity index (χ4v) is 3.50. The van der Waals surface area contributed by atoms with E-state index in [1.807, 2.05) is 39.0 Å². The molecule has 0 radical (unpaired) electrons. The van der Waals surface area contributed by atoms with E-state index in [-0.39, 0.29) is 11.7 Å². The number of methoxy groups -OCH3 is 1. The van der Waals surface area contributed by atoms with Crippen molar-refractivity contribution in [3.63, 3.8) is 0 Å². The predicted octanol–water partition coefficient (Wildman–Crippen LogP) is 3.41. The number of hydrogen-bond acceptors (Lipinski definition) is 7. The van der Waals surface area contributed by atoms with Crippen LogP contribution in [0.15, 0.2) is 22.5 Å². The summed E-state index contributed by atoms with van der Waals surface area (Å²) in [6, 6.07) is 5.97. The predicted molar refractivity (Wildman–Crippen MR) is 95.8 cm³/mol. The van der Waals surface area contributed by atoms with E-state index in [1.165, 1.54) is 23.1 Å². The van der Waals surface area contributed by atoms with Gasteiger partial charge in [0.15, 0.2) is 4.34 Å². The minimum absolute atomic E-state index is 0.104. The fraction of sp³-hybridized carbons (Fsp3) is 0.400. The molecule has 124 valence electrons. The van der Waals surface area contributed by atoms with Crippen LogP contribution in [0.3, 0.4) is 0 Å². The second-order valence-corrected chi connectivity index (χ2v) is 7.41. The zero-order valence-electron chi connectivity index (χ0n) is 13.5. The Labute approximate surface area is 144 Å². The van der Waals surface area contributed by atoms with Crippen LogP contribution in [0.25, 0.3) is 0 Å². The van der Waals surface area contributed by atoms with E-state index >= 15 is 0 Å². The van der Waals surface area contributed by atoms with Gasteiger partial charge in [-0.15, -0.1) is 10.2 Å². The number of aryl methyl sites for hydroxylation is 1. The van der Waals surface area contributed by atoms with Crippen molar-refractivity contribution in [1.29, 1.82) is 0 Å². The molecule has 0 fully saturated rings. The van der Waals surface area contributed by atoms with Gasteiger partial charge < -0.3 is 15.4 Å². The number of carbonyl (C=O) groups is 1. The highest BCUT2D eigenvalue weighted by Gasteiger charge is 2.11. The van der Waals surface area contributed by atoms with Crippen LogP contribution >= 0.6 is 23.1 Å². The first-order valence-corrected chi connectivity index (χ1v) is 8.95. The molecule has 0 spiro atoms. The molecule has 2 N–H and O–H groups in total. The second kappa shape index (κ2) is 8.16.